The fourth-order valence-electron chi connectivity index (χ4n) is 6.50. The van der Waals surface area contributed by atoms with Crippen molar-refractivity contribution in [1.29, 1.82) is 0 Å². The maximum absolute atomic E-state index is 11.7. The van der Waals surface area contributed by atoms with Crippen molar-refractivity contribution < 1.29 is 30.4 Å². The SMILES string of the molecule is CC(C)(C)c1[c-]c2c(c(C=O)c1)-c1ccc(C(C)(C)C)cc1C2.CC(C)(C)c1[c-]c2c(c(C=O)c1)-c1ccc(C(C)(C)C)cc1C2.[Cl][Zr+2][Cl]. The first-order valence-electron chi connectivity index (χ1n) is 17.0. The first kappa shape index (κ1) is 39.5. The molecular weight excluding hydrogens is 723 g/mol. The summed E-state index contributed by atoms with van der Waals surface area (Å²) < 4.78 is 0. The van der Waals surface area contributed by atoms with Gasteiger partial charge in [-0.1, -0.05) is 142 Å². The average Bonchev–Trinajstić information content (AvgIpc) is 3.56. The summed E-state index contributed by atoms with van der Waals surface area (Å²) in [4.78, 5) is 23.3. The molecule has 4 aromatic rings. The Kier molecular flexibility index (Phi) is 11.9. The van der Waals surface area contributed by atoms with Crippen LogP contribution in [-0.2, 0) is 55.3 Å². The molecule has 4 aromatic carbocycles. The van der Waals surface area contributed by atoms with Gasteiger partial charge in [0.25, 0.3) is 0 Å². The van der Waals surface area contributed by atoms with E-state index in [0.29, 0.717) is 0 Å². The van der Waals surface area contributed by atoms with Crippen LogP contribution in [0.15, 0.2) is 48.5 Å². The van der Waals surface area contributed by atoms with Crippen LogP contribution in [0.2, 0.25) is 0 Å². The zero-order valence-corrected chi connectivity index (χ0v) is 35.2. The second kappa shape index (κ2) is 14.7. The molecule has 2 aliphatic rings. The van der Waals surface area contributed by atoms with Crippen molar-refractivity contribution in [2.45, 2.75) is 118 Å². The summed E-state index contributed by atoms with van der Waals surface area (Å²) >= 11 is -0.826. The summed E-state index contributed by atoms with van der Waals surface area (Å²) in [6.45, 7) is 26.4. The summed E-state index contributed by atoms with van der Waals surface area (Å²) in [6.07, 6.45) is 3.74. The normalized spacial score (nSPS) is 13.0. The standard InChI is InChI=1S/2C22H25O.2ClH.Zr/c2*1-21(2,3)17-7-8-19-14(10-17)9-15-11-18(22(4,5)6)12-16(13-23)20(15)19;;;/h2*7-8,10,12-13H,9H2,1-6H3;2*1H;/q2*-1;;;+4/p-2. The number of carbonyl (C=O) groups is 2. The van der Waals surface area contributed by atoms with Gasteiger partial charge in [0.2, 0.25) is 0 Å². The molecule has 0 aromatic heterocycles. The molecule has 0 bridgehead atoms. The molecule has 0 spiro atoms. The van der Waals surface area contributed by atoms with Gasteiger partial charge in [0.05, 0.1) is 0 Å². The molecule has 0 fully saturated rings. The summed E-state index contributed by atoms with van der Waals surface area (Å²) in [5.41, 5.74) is 16.3. The van der Waals surface area contributed by atoms with Crippen LogP contribution in [0.3, 0.4) is 0 Å². The molecule has 49 heavy (non-hydrogen) atoms. The Hall–Kier alpha value is -2.32. The fraction of sp³-hybridized carbons (Fsp3) is 0.409. The Morgan fingerprint density at radius 3 is 1.14 bits per heavy atom. The van der Waals surface area contributed by atoms with E-state index in [9.17, 15) is 9.59 Å². The molecule has 5 heteroatoms. The number of rotatable bonds is 2. The van der Waals surface area contributed by atoms with E-state index in [1.165, 1.54) is 44.5 Å². The number of carbonyl (C=O) groups excluding carboxylic acids is 2. The molecule has 0 radical (unpaired) electrons. The summed E-state index contributed by atoms with van der Waals surface area (Å²) in [5.74, 6) is 0. The Bertz CT molecular complexity index is 1740. The minimum absolute atomic E-state index is 0.00185. The number of hydrogen-bond donors (Lipinski definition) is 0. The van der Waals surface area contributed by atoms with Gasteiger partial charge in [0, 0.05) is 0 Å². The van der Waals surface area contributed by atoms with E-state index in [1.807, 2.05) is 12.1 Å². The Balaban J connectivity index is 0.000000205. The van der Waals surface area contributed by atoms with Crippen LogP contribution in [0.1, 0.15) is 148 Å². The van der Waals surface area contributed by atoms with Crippen LogP contribution < -0.4 is 0 Å². The number of fused-ring (bicyclic) bond motifs is 6. The average molecular weight is 773 g/mol. The topological polar surface area (TPSA) is 34.1 Å². The molecule has 0 saturated heterocycles. The van der Waals surface area contributed by atoms with Crippen molar-refractivity contribution in [2.24, 2.45) is 0 Å². The number of benzene rings is 4. The van der Waals surface area contributed by atoms with Crippen LogP contribution in [0.5, 0.6) is 0 Å². The van der Waals surface area contributed by atoms with Gasteiger partial charge in [-0.2, -0.15) is 35.4 Å². The van der Waals surface area contributed by atoms with Crippen LogP contribution >= 0.6 is 17.0 Å². The van der Waals surface area contributed by atoms with Crippen molar-refractivity contribution in [3.63, 3.8) is 0 Å². The molecule has 0 saturated carbocycles. The van der Waals surface area contributed by atoms with Gasteiger partial charge in [0.15, 0.2) is 0 Å². The zero-order valence-electron chi connectivity index (χ0n) is 31.3. The Morgan fingerprint density at radius 2 is 0.878 bits per heavy atom. The quantitative estimate of drug-likeness (QED) is 0.130. The second-order valence-electron chi connectivity index (χ2n) is 17.4. The molecule has 0 heterocycles. The molecule has 0 N–H and O–H groups in total. The van der Waals surface area contributed by atoms with Gasteiger partial charge in [-0.15, -0.1) is 22.3 Å². The van der Waals surface area contributed by atoms with Crippen molar-refractivity contribution in [2.75, 3.05) is 0 Å². The fourth-order valence-corrected chi connectivity index (χ4v) is 6.50. The first-order chi connectivity index (χ1) is 22.6. The van der Waals surface area contributed by atoms with Gasteiger partial charge in [-0.3, -0.25) is 0 Å². The molecule has 0 unspecified atom stereocenters. The molecule has 2 nitrogen and oxygen atoms in total. The van der Waals surface area contributed by atoms with Gasteiger partial charge >= 0.3 is 37.9 Å². The predicted octanol–water partition coefficient (Wildman–Crippen LogP) is 12.3. The maximum atomic E-state index is 11.7. The molecular formula is C44H50Cl2O2Zr. The van der Waals surface area contributed by atoms with E-state index in [2.05, 4.69) is 132 Å². The summed E-state index contributed by atoms with van der Waals surface area (Å²) in [7, 11) is 9.87. The number of hydrogen-bond acceptors (Lipinski definition) is 2. The molecule has 2 aliphatic carbocycles. The van der Waals surface area contributed by atoms with E-state index < -0.39 is 20.8 Å². The summed E-state index contributed by atoms with van der Waals surface area (Å²) in [6, 6.07) is 24.5. The monoisotopic (exact) mass is 770 g/mol. The third kappa shape index (κ3) is 8.77. The Labute approximate surface area is 314 Å². The molecule has 0 atom stereocenters. The van der Waals surface area contributed by atoms with Gasteiger partial charge in [0.1, 0.15) is 12.6 Å². The molecule has 6 rings (SSSR count). The Morgan fingerprint density at radius 1 is 0.551 bits per heavy atom. The van der Waals surface area contributed by atoms with Gasteiger partial charge in [-0.05, 0) is 56.8 Å². The number of halogens is 2. The third-order valence-electron chi connectivity index (χ3n) is 9.44. The van der Waals surface area contributed by atoms with Crippen LogP contribution in [0, 0.1) is 12.1 Å². The van der Waals surface area contributed by atoms with Crippen molar-refractivity contribution in [1.82, 2.24) is 0 Å². The second-order valence-corrected chi connectivity index (χ2v) is 21.1. The third-order valence-corrected chi connectivity index (χ3v) is 9.44. The van der Waals surface area contributed by atoms with Crippen LogP contribution in [0.25, 0.3) is 22.3 Å². The minimum atomic E-state index is -0.826. The molecule has 0 amide bonds. The van der Waals surface area contributed by atoms with Crippen LogP contribution in [-0.4, -0.2) is 12.6 Å². The van der Waals surface area contributed by atoms with E-state index in [4.69, 9.17) is 17.0 Å². The van der Waals surface area contributed by atoms with Crippen molar-refractivity contribution >= 4 is 29.6 Å². The van der Waals surface area contributed by atoms with E-state index >= 15 is 0 Å². The van der Waals surface area contributed by atoms with E-state index in [1.54, 1.807) is 0 Å². The summed E-state index contributed by atoms with van der Waals surface area (Å²) in [5, 5.41) is 0. The molecule has 0 aliphatic heterocycles. The van der Waals surface area contributed by atoms with E-state index in [-0.39, 0.29) is 21.7 Å². The number of aldehydes is 2. The van der Waals surface area contributed by atoms with Crippen molar-refractivity contribution in [3.05, 3.63) is 116 Å². The molecule has 256 valence electrons. The van der Waals surface area contributed by atoms with Gasteiger partial charge in [-0.25, -0.2) is 0 Å². The van der Waals surface area contributed by atoms with E-state index in [0.717, 1.165) is 58.8 Å². The zero-order chi connectivity index (χ0) is 36.7. The predicted molar refractivity (Wildman–Crippen MR) is 204 cm³/mol. The first-order valence-corrected chi connectivity index (χ1v) is 23.3. The van der Waals surface area contributed by atoms with Crippen LogP contribution in [0.4, 0.5) is 0 Å². The van der Waals surface area contributed by atoms with Crippen molar-refractivity contribution in [3.8, 4) is 22.3 Å². The van der Waals surface area contributed by atoms with Gasteiger partial charge < -0.3 is 9.59 Å².